The highest BCUT2D eigenvalue weighted by molar-refractivity contribution is 5.83. The van der Waals surface area contributed by atoms with E-state index in [1.165, 1.54) is 11.1 Å². The smallest absolute Gasteiger partial charge is 0.240 e. The van der Waals surface area contributed by atoms with Crippen LogP contribution in [0.1, 0.15) is 36.8 Å². The van der Waals surface area contributed by atoms with Gasteiger partial charge in [-0.1, -0.05) is 24.3 Å². The van der Waals surface area contributed by atoms with Crippen LogP contribution in [0, 0.1) is 0 Å². The third kappa shape index (κ3) is 5.18. The summed E-state index contributed by atoms with van der Waals surface area (Å²) >= 11 is 0. The summed E-state index contributed by atoms with van der Waals surface area (Å²) in [5.41, 5.74) is 2.56. The van der Waals surface area contributed by atoms with Crippen LogP contribution in [0.2, 0.25) is 0 Å². The number of ether oxygens (including phenoxy) is 2. The molecule has 1 atom stereocenters. The Kier molecular flexibility index (Phi) is 7.19. The zero-order valence-corrected chi connectivity index (χ0v) is 17.7. The van der Waals surface area contributed by atoms with Gasteiger partial charge in [-0.15, -0.1) is 0 Å². The summed E-state index contributed by atoms with van der Waals surface area (Å²) in [4.78, 5) is 20.3. The topological polar surface area (TPSA) is 45.2 Å². The molecule has 0 spiro atoms. The van der Waals surface area contributed by atoms with Crippen molar-refractivity contribution in [3.05, 3.63) is 35.4 Å². The first-order valence-electron chi connectivity index (χ1n) is 11.2. The van der Waals surface area contributed by atoms with Crippen LogP contribution >= 0.6 is 0 Å². The van der Waals surface area contributed by atoms with Crippen molar-refractivity contribution < 1.29 is 14.3 Å². The standard InChI is InChI=1S/C23H35N3O3/c1-28-18-20-6-4-19(5-7-20)17-24-11-13-25(14-12-24)22-3-2-10-26(23(22)27)21-8-15-29-16-9-21/h4-7,21-22H,2-3,8-18H2,1H3/t22-/m1/s1. The highest BCUT2D eigenvalue weighted by Gasteiger charge is 2.37. The molecule has 0 N–H and O–H groups in total. The lowest BCUT2D eigenvalue weighted by molar-refractivity contribution is -0.145. The fraction of sp³-hybridized carbons (Fsp3) is 0.696. The summed E-state index contributed by atoms with van der Waals surface area (Å²) in [6.45, 7) is 8.20. The van der Waals surface area contributed by atoms with E-state index in [0.29, 0.717) is 18.6 Å². The highest BCUT2D eigenvalue weighted by Crippen LogP contribution is 2.24. The Bertz CT molecular complexity index is 652. The maximum Gasteiger partial charge on any atom is 0.240 e. The van der Waals surface area contributed by atoms with Gasteiger partial charge in [0, 0.05) is 65.6 Å². The molecule has 4 rings (SSSR count). The molecule has 0 radical (unpaired) electrons. The number of benzene rings is 1. The SMILES string of the molecule is COCc1ccc(CN2CCN([C@@H]3CCCN(C4CCOCC4)C3=O)CC2)cc1. The van der Waals surface area contributed by atoms with Gasteiger partial charge in [0.2, 0.25) is 5.91 Å². The molecular weight excluding hydrogens is 366 g/mol. The highest BCUT2D eigenvalue weighted by atomic mass is 16.5. The third-order valence-corrected chi connectivity index (χ3v) is 6.66. The number of hydrogen-bond acceptors (Lipinski definition) is 5. The summed E-state index contributed by atoms with van der Waals surface area (Å²) in [5.74, 6) is 0.366. The zero-order valence-electron chi connectivity index (χ0n) is 17.7. The predicted molar refractivity (Wildman–Crippen MR) is 113 cm³/mol. The summed E-state index contributed by atoms with van der Waals surface area (Å²) in [5, 5.41) is 0. The second kappa shape index (κ2) is 10.0. The fourth-order valence-electron chi connectivity index (χ4n) is 4.98. The summed E-state index contributed by atoms with van der Waals surface area (Å²) < 4.78 is 10.7. The second-order valence-electron chi connectivity index (χ2n) is 8.59. The molecule has 0 unspecified atom stereocenters. The first-order valence-corrected chi connectivity index (χ1v) is 11.2. The number of piperazine rings is 1. The third-order valence-electron chi connectivity index (χ3n) is 6.66. The van der Waals surface area contributed by atoms with Crippen LogP contribution < -0.4 is 0 Å². The minimum absolute atomic E-state index is 0.0853. The van der Waals surface area contributed by atoms with Gasteiger partial charge in [-0.3, -0.25) is 14.6 Å². The molecule has 0 aliphatic carbocycles. The molecule has 3 heterocycles. The van der Waals surface area contributed by atoms with E-state index in [0.717, 1.165) is 78.2 Å². The number of rotatable bonds is 6. The van der Waals surface area contributed by atoms with E-state index in [-0.39, 0.29) is 6.04 Å². The van der Waals surface area contributed by atoms with Crippen LogP contribution in [-0.4, -0.2) is 85.7 Å². The van der Waals surface area contributed by atoms with Crippen molar-refractivity contribution in [2.45, 2.75) is 50.9 Å². The van der Waals surface area contributed by atoms with E-state index in [2.05, 4.69) is 39.0 Å². The number of piperidine rings is 1. The Hall–Kier alpha value is -1.47. The molecule has 160 valence electrons. The molecule has 6 nitrogen and oxygen atoms in total. The predicted octanol–water partition coefficient (Wildman–Crippen LogP) is 2.12. The minimum Gasteiger partial charge on any atom is -0.381 e. The van der Waals surface area contributed by atoms with E-state index < -0.39 is 0 Å². The molecule has 3 saturated heterocycles. The van der Waals surface area contributed by atoms with E-state index in [1.807, 2.05) is 0 Å². The molecule has 3 aliphatic heterocycles. The van der Waals surface area contributed by atoms with Gasteiger partial charge >= 0.3 is 0 Å². The Labute approximate surface area is 174 Å². The number of hydrogen-bond donors (Lipinski definition) is 0. The summed E-state index contributed by atoms with van der Waals surface area (Å²) in [7, 11) is 1.73. The van der Waals surface area contributed by atoms with Gasteiger partial charge < -0.3 is 14.4 Å². The molecule has 0 saturated carbocycles. The maximum atomic E-state index is 13.2. The molecule has 1 amide bonds. The lowest BCUT2D eigenvalue weighted by Crippen LogP contribution is -2.59. The molecule has 3 aliphatic rings. The zero-order chi connectivity index (χ0) is 20.1. The average molecular weight is 402 g/mol. The number of amides is 1. The molecule has 29 heavy (non-hydrogen) atoms. The quantitative estimate of drug-likeness (QED) is 0.731. The lowest BCUT2D eigenvalue weighted by Gasteiger charge is -2.45. The number of carbonyl (C=O) groups excluding carboxylic acids is 1. The summed E-state index contributed by atoms with van der Waals surface area (Å²) in [6, 6.07) is 9.19. The molecule has 0 aromatic heterocycles. The van der Waals surface area contributed by atoms with Crippen molar-refractivity contribution in [2.75, 3.05) is 53.0 Å². The van der Waals surface area contributed by atoms with Crippen LogP contribution in [0.5, 0.6) is 0 Å². The maximum absolute atomic E-state index is 13.2. The number of nitrogens with zero attached hydrogens (tertiary/aromatic N) is 3. The van der Waals surface area contributed by atoms with Crippen molar-refractivity contribution in [1.82, 2.24) is 14.7 Å². The second-order valence-corrected chi connectivity index (χ2v) is 8.59. The molecule has 3 fully saturated rings. The van der Waals surface area contributed by atoms with Gasteiger partial charge in [-0.25, -0.2) is 0 Å². The number of methoxy groups -OCH3 is 1. The van der Waals surface area contributed by atoms with Gasteiger partial charge in [0.1, 0.15) is 0 Å². The van der Waals surface area contributed by atoms with Gasteiger partial charge in [0.05, 0.1) is 12.6 Å². The largest absolute Gasteiger partial charge is 0.381 e. The lowest BCUT2D eigenvalue weighted by atomic mass is 9.97. The molecule has 1 aromatic rings. The number of carbonyl (C=O) groups is 1. The molecular formula is C23H35N3O3. The van der Waals surface area contributed by atoms with Gasteiger partial charge in [0.15, 0.2) is 0 Å². The van der Waals surface area contributed by atoms with Crippen LogP contribution in [0.4, 0.5) is 0 Å². The van der Waals surface area contributed by atoms with Crippen molar-refractivity contribution in [1.29, 1.82) is 0 Å². The first-order chi connectivity index (χ1) is 14.2. The van der Waals surface area contributed by atoms with Gasteiger partial charge in [-0.2, -0.15) is 0 Å². The molecule has 0 bridgehead atoms. The normalized spacial score (nSPS) is 25.5. The van der Waals surface area contributed by atoms with Crippen LogP contribution in [-0.2, 0) is 27.4 Å². The van der Waals surface area contributed by atoms with E-state index in [9.17, 15) is 4.79 Å². The fourth-order valence-corrected chi connectivity index (χ4v) is 4.98. The van der Waals surface area contributed by atoms with Crippen molar-refractivity contribution in [3.63, 3.8) is 0 Å². The monoisotopic (exact) mass is 401 g/mol. The Morgan fingerprint density at radius 2 is 1.66 bits per heavy atom. The van der Waals surface area contributed by atoms with Crippen LogP contribution in [0.25, 0.3) is 0 Å². The molecule has 6 heteroatoms. The summed E-state index contributed by atoms with van der Waals surface area (Å²) in [6.07, 6.45) is 4.13. The minimum atomic E-state index is 0.0853. The van der Waals surface area contributed by atoms with Crippen molar-refractivity contribution in [3.8, 4) is 0 Å². The Morgan fingerprint density at radius 3 is 2.34 bits per heavy atom. The van der Waals surface area contributed by atoms with Crippen LogP contribution in [0.3, 0.4) is 0 Å². The first kappa shape index (κ1) is 20.8. The van der Waals surface area contributed by atoms with Crippen molar-refractivity contribution >= 4 is 5.91 Å². The average Bonchev–Trinajstić information content (AvgIpc) is 2.77. The van der Waals surface area contributed by atoms with Crippen molar-refractivity contribution in [2.24, 2.45) is 0 Å². The van der Waals surface area contributed by atoms with Gasteiger partial charge in [0.25, 0.3) is 0 Å². The van der Waals surface area contributed by atoms with E-state index in [4.69, 9.17) is 9.47 Å². The Morgan fingerprint density at radius 1 is 0.966 bits per heavy atom. The Balaban J connectivity index is 1.28. The molecule has 1 aromatic carbocycles. The van der Waals surface area contributed by atoms with E-state index in [1.54, 1.807) is 7.11 Å². The van der Waals surface area contributed by atoms with E-state index >= 15 is 0 Å². The van der Waals surface area contributed by atoms with Gasteiger partial charge in [-0.05, 0) is 36.8 Å². The number of likely N-dealkylation sites (tertiary alicyclic amines) is 1. The van der Waals surface area contributed by atoms with Crippen LogP contribution in [0.15, 0.2) is 24.3 Å².